The second-order valence-corrected chi connectivity index (χ2v) is 10.0. The molecule has 7 heteroatoms. The highest BCUT2D eigenvalue weighted by Gasteiger charge is 2.32. The van der Waals surface area contributed by atoms with Gasteiger partial charge in [-0.15, -0.1) is 0 Å². The maximum Gasteiger partial charge on any atom is 0.243 e. The highest BCUT2D eigenvalue weighted by atomic mass is 32.2. The van der Waals surface area contributed by atoms with E-state index in [1.807, 2.05) is 54.3 Å². The SMILES string of the molecule is C[C@@H](C(=O)Nc1ccccc1)N1CCN(S(=O)(=O)c2ccc3c(c2)CCCC3)CC1. The van der Waals surface area contributed by atoms with Crippen LogP contribution in [0.2, 0.25) is 0 Å². The third-order valence-electron chi connectivity index (χ3n) is 6.20. The van der Waals surface area contributed by atoms with Gasteiger partial charge in [-0.25, -0.2) is 8.42 Å². The minimum absolute atomic E-state index is 0.0767. The Bertz CT molecular complexity index is 1000. The summed E-state index contributed by atoms with van der Waals surface area (Å²) < 4.78 is 27.9. The molecule has 30 heavy (non-hydrogen) atoms. The van der Waals surface area contributed by atoms with Crippen molar-refractivity contribution in [2.24, 2.45) is 0 Å². The van der Waals surface area contributed by atoms with Crippen molar-refractivity contribution in [1.29, 1.82) is 0 Å². The van der Waals surface area contributed by atoms with Gasteiger partial charge in [-0.3, -0.25) is 9.69 Å². The Labute approximate surface area is 178 Å². The molecule has 0 radical (unpaired) electrons. The first-order valence-corrected chi connectivity index (χ1v) is 12.1. The molecule has 4 rings (SSSR count). The molecular formula is C23H29N3O3S. The van der Waals surface area contributed by atoms with Crippen LogP contribution in [0.3, 0.4) is 0 Å². The number of aryl methyl sites for hydroxylation is 2. The molecule has 1 aliphatic heterocycles. The average Bonchev–Trinajstić information content (AvgIpc) is 2.79. The monoisotopic (exact) mass is 427 g/mol. The molecule has 1 aliphatic carbocycles. The summed E-state index contributed by atoms with van der Waals surface area (Å²) in [5.41, 5.74) is 3.22. The van der Waals surface area contributed by atoms with Gasteiger partial charge in [0.15, 0.2) is 0 Å². The van der Waals surface area contributed by atoms with Crippen LogP contribution in [0.5, 0.6) is 0 Å². The Hall–Kier alpha value is -2.22. The Morgan fingerprint density at radius 3 is 2.30 bits per heavy atom. The van der Waals surface area contributed by atoms with Gasteiger partial charge in [0.05, 0.1) is 10.9 Å². The van der Waals surface area contributed by atoms with Gasteiger partial charge in [0.25, 0.3) is 0 Å². The first-order valence-electron chi connectivity index (χ1n) is 10.7. The molecule has 6 nitrogen and oxygen atoms in total. The zero-order valence-electron chi connectivity index (χ0n) is 17.4. The van der Waals surface area contributed by atoms with Gasteiger partial charge >= 0.3 is 0 Å². The van der Waals surface area contributed by atoms with Crippen molar-refractivity contribution >= 4 is 21.6 Å². The van der Waals surface area contributed by atoms with E-state index in [1.165, 1.54) is 17.5 Å². The number of nitrogens with one attached hydrogen (secondary N) is 1. The van der Waals surface area contributed by atoms with E-state index in [4.69, 9.17) is 0 Å². The number of carbonyl (C=O) groups excluding carboxylic acids is 1. The van der Waals surface area contributed by atoms with Crippen molar-refractivity contribution < 1.29 is 13.2 Å². The number of nitrogens with zero attached hydrogens (tertiary/aromatic N) is 2. The number of amides is 1. The van der Waals surface area contributed by atoms with Gasteiger partial charge in [-0.05, 0) is 68.0 Å². The van der Waals surface area contributed by atoms with Crippen LogP contribution in [0.25, 0.3) is 0 Å². The van der Waals surface area contributed by atoms with Crippen molar-refractivity contribution in [2.75, 3.05) is 31.5 Å². The number of para-hydroxylation sites is 1. The van der Waals surface area contributed by atoms with Crippen molar-refractivity contribution in [3.8, 4) is 0 Å². The highest BCUT2D eigenvalue weighted by Crippen LogP contribution is 2.26. The number of carbonyl (C=O) groups is 1. The molecule has 1 atom stereocenters. The summed E-state index contributed by atoms with van der Waals surface area (Å²) in [6.07, 6.45) is 4.30. The number of benzene rings is 2. The standard InChI is InChI=1S/C23H29N3O3S/c1-18(23(27)24-21-9-3-2-4-10-21)25-13-15-26(16-14-25)30(28,29)22-12-11-19-7-5-6-8-20(19)17-22/h2-4,9-12,17-18H,5-8,13-16H2,1H3,(H,24,27)/t18-/m0/s1. The second kappa shape index (κ2) is 8.88. The molecule has 2 aliphatic rings. The zero-order valence-corrected chi connectivity index (χ0v) is 18.2. The van der Waals surface area contributed by atoms with Gasteiger partial charge in [0.2, 0.25) is 15.9 Å². The zero-order chi connectivity index (χ0) is 21.1. The fourth-order valence-corrected chi connectivity index (χ4v) is 5.76. The van der Waals surface area contributed by atoms with Crippen LogP contribution in [0.1, 0.15) is 30.9 Å². The number of sulfonamides is 1. The lowest BCUT2D eigenvalue weighted by molar-refractivity contribution is -0.121. The fraction of sp³-hybridized carbons (Fsp3) is 0.435. The van der Waals surface area contributed by atoms with Crippen LogP contribution < -0.4 is 5.32 Å². The molecular weight excluding hydrogens is 398 g/mol. The molecule has 1 fully saturated rings. The van der Waals surface area contributed by atoms with E-state index >= 15 is 0 Å². The van der Waals surface area contributed by atoms with E-state index in [9.17, 15) is 13.2 Å². The third kappa shape index (κ3) is 4.43. The first-order chi connectivity index (χ1) is 14.4. The van der Waals surface area contributed by atoms with Crippen molar-refractivity contribution in [3.05, 3.63) is 59.7 Å². The molecule has 1 N–H and O–H groups in total. The van der Waals surface area contributed by atoms with E-state index < -0.39 is 10.0 Å². The molecule has 0 bridgehead atoms. The maximum absolute atomic E-state index is 13.2. The number of hydrogen-bond donors (Lipinski definition) is 1. The van der Waals surface area contributed by atoms with Gasteiger partial charge < -0.3 is 5.32 Å². The summed E-state index contributed by atoms with van der Waals surface area (Å²) in [6, 6.07) is 14.7. The molecule has 1 saturated heterocycles. The lowest BCUT2D eigenvalue weighted by atomic mass is 9.92. The quantitative estimate of drug-likeness (QED) is 0.797. The Balaban J connectivity index is 1.38. The van der Waals surface area contributed by atoms with Crippen molar-refractivity contribution in [3.63, 3.8) is 0 Å². The van der Waals surface area contributed by atoms with E-state index in [0.717, 1.165) is 24.9 Å². The fourth-order valence-electron chi connectivity index (χ4n) is 4.28. The summed E-state index contributed by atoms with van der Waals surface area (Å²) in [5.74, 6) is -0.0767. The summed E-state index contributed by atoms with van der Waals surface area (Å²) in [6.45, 7) is 3.72. The minimum Gasteiger partial charge on any atom is -0.325 e. The van der Waals surface area contributed by atoms with Crippen LogP contribution in [0, 0.1) is 0 Å². The predicted octanol–water partition coefficient (Wildman–Crippen LogP) is 2.90. The van der Waals surface area contributed by atoms with Crippen LogP contribution in [-0.2, 0) is 27.7 Å². The normalized spacial score (nSPS) is 19.1. The number of hydrogen-bond acceptors (Lipinski definition) is 4. The Morgan fingerprint density at radius 2 is 1.60 bits per heavy atom. The predicted molar refractivity (Wildman–Crippen MR) is 118 cm³/mol. The van der Waals surface area contributed by atoms with E-state index in [1.54, 1.807) is 10.4 Å². The smallest absolute Gasteiger partial charge is 0.243 e. The summed E-state index contributed by atoms with van der Waals surface area (Å²) in [5, 5.41) is 2.92. The molecule has 1 amide bonds. The molecule has 2 aromatic rings. The number of piperazine rings is 1. The lowest BCUT2D eigenvalue weighted by Crippen LogP contribution is -2.53. The molecule has 0 saturated carbocycles. The summed E-state index contributed by atoms with van der Waals surface area (Å²) in [4.78, 5) is 15.0. The maximum atomic E-state index is 13.2. The number of rotatable bonds is 5. The molecule has 0 spiro atoms. The van der Waals surface area contributed by atoms with Crippen molar-refractivity contribution in [1.82, 2.24) is 9.21 Å². The minimum atomic E-state index is -3.51. The highest BCUT2D eigenvalue weighted by molar-refractivity contribution is 7.89. The third-order valence-corrected chi connectivity index (χ3v) is 8.09. The molecule has 2 aromatic carbocycles. The topological polar surface area (TPSA) is 69.7 Å². The largest absolute Gasteiger partial charge is 0.325 e. The number of fused-ring (bicyclic) bond motifs is 1. The van der Waals surface area contributed by atoms with Crippen LogP contribution in [-0.4, -0.2) is 55.8 Å². The Morgan fingerprint density at radius 1 is 0.933 bits per heavy atom. The van der Waals surface area contributed by atoms with Crippen LogP contribution >= 0.6 is 0 Å². The summed E-state index contributed by atoms with van der Waals surface area (Å²) in [7, 11) is -3.51. The average molecular weight is 428 g/mol. The van der Waals surface area contributed by atoms with Gasteiger partial charge in [0.1, 0.15) is 0 Å². The van der Waals surface area contributed by atoms with Crippen LogP contribution in [0.4, 0.5) is 5.69 Å². The lowest BCUT2D eigenvalue weighted by Gasteiger charge is -2.36. The van der Waals surface area contributed by atoms with E-state index in [2.05, 4.69) is 5.32 Å². The summed E-state index contributed by atoms with van der Waals surface area (Å²) >= 11 is 0. The van der Waals surface area contributed by atoms with Gasteiger partial charge in [-0.1, -0.05) is 24.3 Å². The molecule has 0 aromatic heterocycles. The van der Waals surface area contributed by atoms with Gasteiger partial charge in [0, 0.05) is 31.9 Å². The Kier molecular flexibility index (Phi) is 6.22. The molecule has 1 heterocycles. The van der Waals surface area contributed by atoms with Crippen LogP contribution in [0.15, 0.2) is 53.4 Å². The van der Waals surface area contributed by atoms with E-state index in [-0.39, 0.29) is 11.9 Å². The number of anilines is 1. The van der Waals surface area contributed by atoms with Gasteiger partial charge in [-0.2, -0.15) is 4.31 Å². The molecule has 160 valence electrons. The molecule has 0 unspecified atom stereocenters. The van der Waals surface area contributed by atoms with E-state index in [0.29, 0.717) is 31.1 Å². The van der Waals surface area contributed by atoms with Crippen molar-refractivity contribution in [2.45, 2.75) is 43.5 Å². The first kappa shape index (κ1) is 21.0. The second-order valence-electron chi connectivity index (χ2n) is 8.11.